The van der Waals surface area contributed by atoms with E-state index in [1.165, 1.54) is 22.3 Å². The molecule has 0 unspecified atom stereocenters. The maximum absolute atomic E-state index is 5.42. The first-order valence-corrected chi connectivity index (χ1v) is 5.56. The Bertz CT molecular complexity index is 519. The van der Waals surface area contributed by atoms with Crippen LogP contribution < -0.4 is 0 Å². The molecule has 0 heterocycles. The summed E-state index contributed by atoms with van der Waals surface area (Å²) in [4.78, 5) is 0. The van der Waals surface area contributed by atoms with Gasteiger partial charge in [-0.15, -0.1) is 6.42 Å². The van der Waals surface area contributed by atoms with Crippen molar-refractivity contribution in [2.45, 2.75) is 26.2 Å². The quantitative estimate of drug-likeness (QED) is 0.566. The maximum Gasteiger partial charge on any atom is 0.0155 e. The highest BCUT2D eigenvalue weighted by atomic mass is 14.4. The maximum atomic E-state index is 5.42. The zero-order chi connectivity index (χ0) is 11.8. The van der Waals surface area contributed by atoms with Gasteiger partial charge in [0.1, 0.15) is 0 Å². The third-order valence-electron chi connectivity index (χ3n) is 3.37. The summed E-state index contributed by atoms with van der Waals surface area (Å²) in [5.74, 6) is 2.65. The zero-order valence-electron chi connectivity index (χ0n) is 10.0. The SMILES string of the molecule is C#C/C=C1\C(=C/C)C(C)(C)c2ccccc21. The van der Waals surface area contributed by atoms with Gasteiger partial charge < -0.3 is 0 Å². The van der Waals surface area contributed by atoms with Gasteiger partial charge in [0.2, 0.25) is 0 Å². The van der Waals surface area contributed by atoms with Crippen LogP contribution >= 0.6 is 0 Å². The van der Waals surface area contributed by atoms with E-state index in [0.717, 1.165) is 0 Å². The highest BCUT2D eigenvalue weighted by Crippen LogP contribution is 2.49. The first-order chi connectivity index (χ1) is 7.62. The van der Waals surface area contributed by atoms with Crippen LogP contribution in [0.1, 0.15) is 31.9 Å². The fraction of sp³-hybridized carbons (Fsp3) is 0.250. The molecular formula is C16H16. The lowest BCUT2D eigenvalue weighted by atomic mass is 9.82. The molecule has 0 aliphatic heterocycles. The highest BCUT2D eigenvalue weighted by molar-refractivity contribution is 5.90. The van der Waals surface area contributed by atoms with E-state index < -0.39 is 0 Å². The van der Waals surface area contributed by atoms with Crippen molar-refractivity contribution in [3.8, 4) is 12.3 Å². The Balaban J connectivity index is 2.77. The van der Waals surface area contributed by atoms with E-state index in [-0.39, 0.29) is 5.41 Å². The monoisotopic (exact) mass is 208 g/mol. The molecule has 16 heavy (non-hydrogen) atoms. The smallest absolute Gasteiger partial charge is 0.0155 e. The summed E-state index contributed by atoms with van der Waals surface area (Å²) in [7, 11) is 0. The predicted octanol–water partition coefficient (Wildman–Crippen LogP) is 3.94. The van der Waals surface area contributed by atoms with Crippen LogP contribution in [0.3, 0.4) is 0 Å². The molecule has 0 saturated carbocycles. The summed E-state index contributed by atoms with van der Waals surface area (Å²) in [6.07, 6.45) is 9.47. The van der Waals surface area contributed by atoms with E-state index in [1.807, 2.05) is 6.08 Å². The Morgan fingerprint density at radius 2 is 1.94 bits per heavy atom. The molecule has 0 nitrogen and oxygen atoms in total. The summed E-state index contributed by atoms with van der Waals surface area (Å²) in [6.45, 7) is 6.57. The third kappa shape index (κ3) is 1.32. The van der Waals surface area contributed by atoms with E-state index in [1.54, 1.807) is 0 Å². The van der Waals surface area contributed by atoms with E-state index in [9.17, 15) is 0 Å². The summed E-state index contributed by atoms with van der Waals surface area (Å²) < 4.78 is 0. The lowest BCUT2D eigenvalue weighted by molar-refractivity contribution is 0.659. The van der Waals surface area contributed by atoms with Crippen LogP contribution in [0.15, 0.2) is 42.0 Å². The van der Waals surface area contributed by atoms with Gasteiger partial charge >= 0.3 is 0 Å². The third-order valence-corrected chi connectivity index (χ3v) is 3.37. The molecule has 0 amide bonds. The number of benzene rings is 1. The van der Waals surface area contributed by atoms with Gasteiger partial charge in [-0.3, -0.25) is 0 Å². The van der Waals surface area contributed by atoms with Gasteiger partial charge in [-0.05, 0) is 35.3 Å². The minimum absolute atomic E-state index is 0.0635. The van der Waals surface area contributed by atoms with Crippen LogP contribution in [0.4, 0.5) is 0 Å². The lowest BCUT2D eigenvalue weighted by Gasteiger charge is -2.21. The van der Waals surface area contributed by atoms with Crippen molar-refractivity contribution in [1.82, 2.24) is 0 Å². The van der Waals surface area contributed by atoms with Crippen molar-refractivity contribution in [2.75, 3.05) is 0 Å². The van der Waals surface area contributed by atoms with Gasteiger partial charge in [0.15, 0.2) is 0 Å². The number of hydrogen-bond donors (Lipinski definition) is 0. The summed E-state index contributed by atoms with van der Waals surface area (Å²) in [5, 5.41) is 0. The predicted molar refractivity (Wildman–Crippen MR) is 70.0 cm³/mol. The molecule has 2 rings (SSSR count). The van der Waals surface area contributed by atoms with Crippen molar-refractivity contribution in [1.29, 1.82) is 0 Å². The Hall–Kier alpha value is -1.74. The molecule has 0 bridgehead atoms. The van der Waals surface area contributed by atoms with Gasteiger partial charge in [-0.2, -0.15) is 0 Å². The molecule has 0 saturated heterocycles. The van der Waals surface area contributed by atoms with E-state index in [2.05, 4.69) is 57.0 Å². The molecule has 0 aromatic heterocycles. The Labute approximate surface area is 97.7 Å². The van der Waals surface area contributed by atoms with Gasteiger partial charge in [0.25, 0.3) is 0 Å². The average molecular weight is 208 g/mol. The molecule has 0 N–H and O–H groups in total. The normalized spacial score (nSPS) is 22.1. The van der Waals surface area contributed by atoms with Crippen molar-refractivity contribution in [3.63, 3.8) is 0 Å². The Morgan fingerprint density at radius 3 is 2.56 bits per heavy atom. The minimum atomic E-state index is 0.0635. The summed E-state index contributed by atoms with van der Waals surface area (Å²) >= 11 is 0. The average Bonchev–Trinajstić information content (AvgIpc) is 2.49. The molecule has 0 atom stereocenters. The molecule has 1 aromatic carbocycles. The molecule has 0 spiro atoms. The molecular weight excluding hydrogens is 192 g/mol. The fourth-order valence-corrected chi connectivity index (χ4v) is 2.65. The van der Waals surface area contributed by atoms with Crippen LogP contribution in [0.2, 0.25) is 0 Å². The first kappa shape index (κ1) is 10.8. The number of terminal acetylenes is 1. The molecule has 0 heteroatoms. The lowest BCUT2D eigenvalue weighted by Crippen LogP contribution is -2.14. The van der Waals surface area contributed by atoms with E-state index in [4.69, 9.17) is 6.42 Å². The summed E-state index contributed by atoms with van der Waals surface area (Å²) in [6, 6.07) is 8.50. The van der Waals surface area contributed by atoms with Crippen LogP contribution in [0.5, 0.6) is 0 Å². The van der Waals surface area contributed by atoms with Crippen molar-refractivity contribution in [2.24, 2.45) is 0 Å². The second-order valence-electron chi connectivity index (χ2n) is 4.60. The largest absolute Gasteiger partial charge is 0.115 e. The number of allylic oxidation sites excluding steroid dienone is 4. The Morgan fingerprint density at radius 1 is 1.25 bits per heavy atom. The van der Waals surface area contributed by atoms with Crippen LogP contribution in [0.25, 0.3) is 5.57 Å². The highest BCUT2D eigenvalue weighted by Gasteiger charge is 2.36. The van der Waals surface area contributed by atoms with Crippen LogP contribution in [0, 0.1) is 12.3 Å². The number of rotatable bonds is 0. The topological polar surface area (TPSA) is 0 Å². The van der Waals surface area contributed by atoms with Gasteiger partial charge in [-0.25, -0.2) is 0 Å². The number of hydrogen-bond acceptors (Lipinski definition) is 0. The van der Waals surface area contributed by atoms with E-state index in [0.29, 0.717) is 0 Å². The molecule has 1 aliphatic carbocycles. The van der Waals surface area contributed by atoms with E-state index >= 15 is 0 Å². The standard InChI is InChI=1S/C16H16/c1-5-9-12-13-10-7-8-11-15(13)16(3,4)14(12)6-2/h1,6-11H,2-4H3/b12-9-,14-6+. The Kier molecular flexibility index (Phi) is 2.48. The van der Waals surface area contributed by atoms with Gasteiger partial charge in [0.05, 0.1) is 0 Å². The number of fused-ring (bicyclic) bond motifs is 1. The molecule has 0 fully saturated rings. The van der Waals surface area contributed by atoms with Crippen molar-refractivity contribution in [3.05, 3.63) is 53.1 Å². The zero-order valence-corrected chi connectivity index (χ0v) is 10.0. The van der Waals surface area contributed by atoms with Gasteiger partial charge in [0, 0.05) is 5.41 Å². The fourth-order valence-electron chi connectivity index (χ4n) is 2.65. The minimum Gasteiger partial charge on any atom is -0.115 e. The molecule has 1 aromatic rings. The molecule has 1 aliphatic rings. The van der Waals surface area contributed by atoms with Crippen LogP contribution in [-0.2, 0) is 5.41 Å². The second-order valence-corrected chi connectivity index (χ2v) is 4.60. The first-order valence-electron chi connectivity index (χ1n) is 5.56. The summed E-state index contributed by atoms with van der Waals surface area (Å²) in [5.41, 5.74) is 5.23. The molecule has 80 valence electrons. The van der Waals surface area contributed by atoms with Crippen molar-refractivity contribution >= 4 is 5.57 Å². The second kappa shape index (κ2) is 3.68. The van der Waals surface area contributed by atoms with Crippen LogP contribution in [-0.4, -0.2) is 0 Å². The van der Waals surface area contributed by atoms with Gasteiger partial charge in [-0.1, -0.05) is 50.1 Å². The molecule has 0 radical (unpaired) electrons. The van der Waals surface area contributed by atoms with Crippen molar-refractivity contribution < 1.29 is 0 Å².